The molecule has 0 bridgehead atoms. The minimum atomic E-state index is -0.926. The zero-order valence-corrected chi connectivity index (χ0v) is 20.3. The molecule has 0 radical (unpaired) electrons. The van der Waals surface area contributed by atoms with Crippen LogP contribution in [0.2, 0.25) is 0 Å². The number of nitrogens with one attached hydrogen (secondary N) is 2. The Labute approximate surface area is 209 Å². The molecule has 0 unspecified atom stereocenters. The summed E-state index contributed by atoms with van der Waals surface area (Å²) in [5.41, 5.74) is 1.65. The lowest BCUT2D eigenvalue weighted by Crippen LogP contribution is -2.50. The number of aliphatic hydroxyl groups is 1. The molecule has 1 aromatic heterocycles. The van der Waals surface area contributed by atoms with E-state index in [-0.39, 0.29) is 37.0 Å². The highest BCUT2D eigenvalue weighted by molar-refractivity contribution is 6.44. The van der Waals surface area contributed by atoms with Crippen LogP contribution in [0.4, 0.5) is 5.69 Å². The van der Waals surface area contributed by atoms with Crippen molar-refractivity contribution in [1.82, 2.24) is 20.8 Å². The first kappa shape index (κ1) is 25.2. The summed E-state index contributed by atoms with van der Waals surface area (Å²) in [6.07, 6.45) is -0.635. The van der Waals surface area contributed by atoms with Crippen LogP contribution >= 0.6 is 0 Å². The van der Waals surface area contributed by atoms with E-state index in [9.17, 15) is 14.7 Å². The average molecular weight is 491 g/mol. The third kappa shape index (κ3) is 6.41. The fraction of sp³-hybridized carbons (Fsp3) is 0.346. The second-order valence-corrected chi connectivity index (χ2v) is 8.93. The molecule has 0 saturated heterocycles. The summed E-state index contributed by atoms with van der Waals surface area (Å²) in [6.45, 7) is 4.42. The summed E-state index contributed by atoms with van der Waals surface area (Å²) in [5, 5.41) is 26.3. The highest BCUT2D eigenvalue weighted by Crippen LogP contribution is 2.20. The lowest BCUT2D eigenvalue weighted by atomic mass is 10.0. The summed E-state index contributed by atoms with van der Waals surface area (Å²) in [6, 6.07) is 17.9. The van der Waals surface area contributed by atoms with Gasteiger partial charge in [-0.25, -0.2) is 0 Å². The second kappa shape index (κ2) is 11.7. The van der Waals surface area contributed by atoms with E-state index in [2.05, 4.69) is 25.9 Å². The third-order valence-corrected chi connectivity index (χ3v) is 5.75. The van der Waals surface area contributed by atoms with Crippen molar-refractivity contribution in [3.8, 4) is 0 Å². The Morgan fingerprint density at radius 1 is 1.11 bits per heavy atom. The zero-order valence-electron chi connectivity index (χ0n) is 20.3. The summed E-state index contributed by atoms with van der Waals surface area (Å²) in [5.74, 6) is 0.433. The van der Waals surface area contributed by atoms with Crippen LogP contribution in [0.5, 0.6) is 0 Å². The van der Waals surface area contributed by atoms with Gasteiger partial charge in [0.25, 0.3) is 11.8 Å². The van der Waals surface area contributed by atoms with E-state index in [4.69, 9.17) is 4.52 Å². The molecule has 3 aromatic rings. The summed E-state index contributed by atoms with van der Waals surface area (Å²) >= 11 is 0. The van der Waals surface area contributed by atoms with Gasteiger partial charge in [0.05, 0.1) is 30.8 Å². The van der Waals surface area contributed by atoms with Gasteiger partial charge in [0.2, 0.25) is 5.89 Å². The van der Waals surface area contributed by atoms with Gasteiger partial charge in [0, 0.05) is 12.5 Å². The van der Waals surface area contributed by atoms with Gasteiger partial charge < -0.3 is 20.3 Å². The average Bonchev–Trinajstić information content (AvgIpc) is 3.52. The molecule has 0 spiro atoms. The maximum Gasteiger partial charge on any atom is 0.268 e. The van der Waals surface area contributed by atoms with Crippen LogP contribution in [-0.2, 0) is 22.6 Å². The smallest absolute Gasteiger partial charge is 0.268 e. The van der Waals surface area contributed by atoms with Gasteiger partial charge in [-0.2, -0.15) is 15.1 Å². The number of hydrogen-bond acceptors (Lipinski definition) is 8. The molecule has 2 amide bonds. The Kier molecular flexibility index (Phi) is 8.19. The van der Waals surface area contributed by atoms with E-state index in [1.807, 2.05) is 50.2 Å². The van der Waals surface area contributed by atoms with E-state index >= 15 is 0 Å². The fourth-order valence-corrected chi connectivity index (χ4v) is 3.77. The number of benzene rings is 2. The van der Waals surface area contributed by atoms with Gasteiger partial charge in [0.15, 0.2) is 5.82 Å². The number of carbonyl (C=O) groups is 2. The number of amides is 2. The second-order valence-electron chi connectivity index (χ2n) is 8.93. The van der Waals surface area contributed by atoms with E-state index < -0.39 is 18.1 Å². The van der Waals surface area contributed by atoms with Crippen LogP contribution in [0.3, 0.4) is 0 Å². The molecule has 0 saturated carbocycles. The lowest BCUT2D eigenvalue weighted by Gasteiger charge is -2.24. The Hall–Kier alpha value is -3.89. The van der Waals surface area contributed by atoms with Crippen LogP contribution in [0.25, 0.3) is 0 Å². The largest absolute Gasteiger partial charge is 0.390 e. The molecule has 36 heavy (non-hydrogen) atoms. The molecular weight excluding hydrogens is 460 g/mol. The number of carbonyl (C=O) groups excluding carboxylic acids is 2. The van der Waals surface area contributed by atoms with Crippen LogP contribution in [0.1, 0.15) is 43.5 Å². The quantitative estimate of drug-likeness (QED) is 0.375. The number of aromatic nitrogens is 2. The Bertz CT molecular complexity index is 1200. The predicted molar refractivity (Wildman–Crippen MR) is 134 cm³/mol. The molecule has 2 aromatic carbocycles. The van der Waals surface area contributed by atoms with Crippen molar-refractivity contribution >= 4 is 23.2 Å². The molecular formula is C26H30N6O4. The van der Waals surface area contributed by atoms with Crippen molar-refractivity contribution in [1.29, 1.82) is 0 Å². The highest BCUT2D eigenvalue weighted by atomic mass is 16.5. The van der Waals surface area contributed by atoms with Crippen molar-refractivity contribution < 1.29 is 19.2 Å². The molecule has 2 heterocycles. The van der Waals surface area contributed by atoms with Gasteiger partial charge >= 0.3 is 0 Å². The van der Waals surface area contributed by atoms with Gasteiger partial charge in [-0.05, 0) is 24.1 Å². The van der Waals surface area contributed by atoms with E-state index in [1.54, 1.807) is 24.3 Å². The summed E-state index contributed by atoms with van der Waals surface area (Å²) in [7, 11) is 0. The van der Waals surface area contributed by atoms with Crippen LogP contribution in [0, 0.1) is 0 Å². The maximum absolute atomic E-state index is 13.0. The number of para-hydroxylation sites is 1. The molecule has 188 valence electrons. The van der Waals surface area contributed by atoms with Crippen molar-refractivity contribution in [3.05, 3.63) is 77.9 Å². The molecule has 1 aliphatic rings. The molecule has 1 aliphatic heterocycles. The minimum absolute atomic E-state index is 0.106. The van der Waals surface area contributed by atoms with E-state index in [0.29, 0.717) is 23.8 Å². The molecule has 3 N–H and O–H groups in total. The van der Waals surface area contributed by atoms with Gasteiger partial charge in [0.1, 0.15) is 5.71 Å². The SMILES string of the molecule is CC(C)c1noc(CNC[C@@H](O)[C@H](Cc2ccccc2)NC(=O)C2=NN(c3ccccc3)C(=O)C2)n1. The number of rotatable bonds is 11. The Balaban J connectivity index is 1.41. The number of aliphatic hydroxyl groups excluding tert-OH is 1. The normalized spacial score (nSPS) is 15.2. The summed E-state index contributed by atoms with van der Waals surface area (Å²) in [4.78, 5) is 29.8. The minimum Gasteiger partial charge on any atom is -0.390 e. The third-order valence-electron chi connectivity index (χ3n) is 5.75. The van der Waals surface area contributed by atoms with Gasteiger partial charge in [-0.15, -0.1) is 0 Å². The van der Waals surface area contributed by atoms with Crippen LogP contribution in [-0.4, -0.2) is 51.5 Å². The topological polar surface area (TPSA) is 133 Å². The van der Waals surface area contributed by atoms with E-state index in [1.165, 1.54) is 5.01 Å². The first-order chi connectivity index (χ1) is 17.4. The van der Waals surface area contributed by atoms with Crippen molar-refractivity contribution in [2.75, 3.05) is 11.6 Å². The first-order valence-electron chi connectivity index (χ1n) is 11.9. The number of anilines is 1. The maximum atomic E-state index is 13.0. The molecule has 0 aliphatic carbocycles. The highest BCUT2D eigenvalue weighted by Gasteiger charge is 2.31. The van der Waals surface area contributed by atoms with Crippen molar-refractivity contribution in [3.63, 3.8) is 0 Å². The van der Waals surface area contributed by atoms with Crippen LogP contribution in [0.15, 0.2) is 70.3 Å². The standard InChI is InChI=1S/C26H30N6O4/c1-17(2)25-29-23(36-31-25)16-27-15-22(33)20(13-18-9-5-3-6-10-18)28-26(35)21-14-24(34)32(30-21)19-11-7-4-8-12-19/h3-12,17,20,22,27,33H,13-16H2,1-2H3,(H,28,35)/t20-,22+/m0/s1. The monoisotopic (exact) mass is 490 g/mol. The fourth-order valence-electron chi connectivity index (χ4n) is 3.77. The number of hydrogen-bond donors (Lipinski definition) is 3. The van der Waals surface area contributed by atoms with Crippen molar-refractivity contribution in [2.24, 2.45) is 5.10 Å². The summed E-state index contributed by atoms with van der Waals surface area (Å²) < 4.78 is 5.23. The van der Waals surface area contributed by atoms with Crippen molar-refractivity contribution in [2.45, 2.75) is 51.3 Å². The van der Waals surface area contributed by atoms with Crippen LogP contribution < -0.4 is 15.6 Å². The zero-order chi connectivity index (χ0) is 25.5. The lowest BCUT2D eigenvalue weighted by molar-refractivity contribution is -0.118. The van der Waals surface area contributed by atoms with E-state index in [0.717, 1.165) is 5.56 Å². The molecule has 2 atom stereocenters. The molecule has 10 heteroatoms. The van der Waals surface area contributed by atoms with Gasteiger partial charge in [-0.3, -0.25) is 9.59 Å². The molecule has 4 rings (SSSR count). The first-order valence-corrected chi connectivity index (χ1v) is 11.9. The Morgan fingerprint density at radius 3 is 2.47 bits per heavy atom. The molecule has 0 fully saturated rings. The molecule has 10 nitrogen and oxygen atoms in total. The number of nitrogens with zero attached hydrogens (tertiary/aromatic N) is 4. The predicted octanol–water partition coefficient (Wildman–Crippen LogP) is 2.16. The Morgan fingerprint density at radius 2 is 1.81 bits per heavy atom. The van der Waals surface area contributed by atoms with Gasteiger partial charge in [-0.1, -0.05) is 67.5 Å². The number of hydrazone groups is 1.